The summed E-state index contributed by atoms with van der Waals surface area (Å²) in [5.74, 6) is -1.17. The molecule has 1 aliphatic heterocycles. The Hall–Kier alpha value is -1.82. The summed E-state index contributed by atoms with van der Waals surface area (Å²) in [6.07, 6.45) is 0. The van der Waals surface area contributed by atoms with E-state index in [-0.39, 0.29) is 5.91 Å². The predicted molar refractivity (Wildman–Crippen MR) is 83.6 cm³/mol. The molecule has 0 saturated carbocycles. The van der Waals surface area contributed by atoms with E-state index in [1.54, 1.807) is 25.6 Å². The largest absolute Gasteiger partial charge is 0.481 e. The minimum atomic E-state index is -0.919. The maximum Gasteiger partial charge on any atom is 0.308 e. The van der Waals surface area contributed by atoms with E-state index in [1.165, 1.54) is 0 Å². The first-order chi connectivity index (χ1) is 9.99. The second-order valence-corrected chi connectivity index (χ2v) is 6.06. The molecule has 0 aromatic heterocycles. The first-order valence-corrected chi connectivity index (χ1v) is 7.77. The molecule has 3 atom stereocenters. The molecule has 5 nitrogen and oxygen atoms in total. The fraction of sp³-hybridized carbons (Fsp3) is 0.400. The molecule has 21 heavy (non-hydrogen) atoms. The minimum Gasteiger partial charge on any atom is -0.481 e. The second kappa shape index (κ2) is 6.76. The molecule has 2 rings (SSSR count). The highest BCUT2D eigenvalue weighted by atomic mass is 32.2. The van der Waals surface area contributed by atoms with E-state index in [2.05, 4.69) is 10.3 Å². The highest BCUT2D eigenvalue weighted by Gasteiger charge is 2.28. The third-order valence-corrected chi connectivity index (χ3v) is 4.58. The third-order valence-electron chi connectivity index (χ3n) is 3.48. The first-order valence-electron chi connectivity index (χ1n) is 6.78. The standard InChI is InChI=1S/C15H18N2O3S/c1-9(15(19)20)10(2)16-13(18)12-8-21-14(17-12)11-6-4-3-5-7-11/h3-7,9-10,12H,8H2,1-2H3,(H,16,18)(H,19,20). The Labute approximate surface area is 127 Å². The molecule has 3 unspecified atom stereocenters. The Kier molecular flexibility index (Phi) is 5.01. The molecule has 1 heterocycles. The summed E-state index contributed by atoms with van der Waals surface area (Å²) in [6.45, 7) is 3.27. The topological polar surface area (TPSA) is 78.8 Å². The van der Waals surface area contributed by atoms with Gasteiger partial charge in [0.25, 0.3) is 0 Å². The van der Waals surface area contributed by atoms with E-state index in [0.29, 0.717) is 5.75 Å². The van der Waals surface area contributed by atoms with Crippen molar-refractivity contribution in [1.29, 1.82) is 0 Å². The van der Waals surface area contributed by atoms with Gasteiger partial charge in [0.1, 0.15) is 6.04 Å². The summed E-state index contributed by atoms with van der Waals surface area (Å²) in [7, 11) is 0. The SMILES string of the molecule is CC(NC(=O)C1CSC(c2ccccc2)=N1)C(C)C(=O)O. The molecule has 0 radical (unpaired) electrons. The molecule has 1 aromatic rings. The normalized spacial score (nSPS) is 20.5. The predicted octanol–water partition coefficient (Wildman–Crippen LogP) is 1.77. The molecule has 0 fully saturated rings. The number of benzene rings is 1. The van der Waals surface area contributed by atoms with Crippen LogP contribution in [-0.4, -0.2) is 39.9 Å². The minimum absolute atomic E-state index is 0.214. The summed E-state index contributed by atoms with van der Waals surface area (Å²) in [4.78, 5) is 27.5. The Balaban J connectivity index is 1.99. The third kappa shape index (κ3) is 3.85. The van der Waals surface area contributed by atoms with E-state index in [1.807, 2.05) is 30.3 Å². The van der Waals surface area contributed by atoms with Crippen LogP contribution in [0.15, 0.2) is 35.3 Å². The molecule has 0 bridgehead atoms. The summed E-state index contributed by atoms with van der Waals surface area (Å²) in [6, 6.07) is 8.85. The average Bonchev–Trinajstić information content (AvgIpc) is 2.97. The molecule has 112 valence electrons. The lowest BCUT2D eigenvalue weighted by molar-refractivity contribution is -0.142. The quantitative estimate of drug-likeness (QED) is 0.869. The van der Waals surface area contributed by atoms with E-state index in [0.717, 1.165) is 10.6 Å². The number of thioether (sulfide) groups is 1. The number of hydrogen-bond acceptors (Lipinski definition) is 4. The maximum atomic E-state index is 12.1. The van der Waals surface area contributed by atoms with Crippen LogP contribution < -0.4 is 5.32 Å². The lowest BCUT2D eigenvalue weighted by atomic mass is 10.0. The van der Waals surface area contributed by atoms with Gasteiger partial charge < -0.3 is 10.4 Å². The van der Waals surface area contributed by atoms with Crippen LogP contribution in [0, 0.1) is 5.92 Å². The molecule has 2 N–H and O–H groups in total. The van der Waals surface area contributed by atoms with Crippen LogP contribution in [0.4, 0.5) is 0 Å². The number of carbonyl (C=O) groups excluding carboxylic acids is 1. The number of aliphatic imine (C=N–C) groups is 1. The summed E-state index contributed by atoms with van der Waals surface area (Å²) in [5.41, 5.74) is 1.00. The van der Waals surface area contributed by atoms with Crippen molar-refractivity contribution < 1.29 is 14.7 Å². The van der Waals surface area contributed by atoms with Crippen molar-refractivity contribution in [2.45, 2.75) is 25.9 Å². The monoisotopic (exact) mass is 306 g/mol. The Bertz CT molecular complexity index is 559. The van der Waals surface area contributed by atoms with Gasteiger partial charge in [0, 0.05) is 17.4 Å². The van der Waals surface area contributed by atoms with Crippen LogP contribution in [-0.2, 0) is 9.59 Å². The number of rotatable bonds is 5. The van der Waals surface area contributed by atoms with Gasteiger partial charge >= 0.3 is 5.97 Å². The van der Waals surface area contributed by atoms with Crippen LogP contribution in [0.5, 0.6) is 0 Å². The van der Waals surface area contributed by atoms with Crippen molar-refractivity contribution in [3.63, 3.8) is 0 Å². The van der Waals surface area contributed by atoms with Gasteiger partial charge in [-0.1, -0.05) is 30.3 Å². The van der Waals surface area contributed by atoms with Crippen LogP contribution in [0.25, 0.3) is 0 Å². The molecule has 1 aromatic carbocycles. The molecule has 1 amide bonds. The highest BCUT2D eigenvalue weighted by molar-refractivity contribution is 8.14. The molecule has 6 heteroatoms. The zero-order valence-electron chi connectivity index (χ0n) is 11.9. The Morgan fingerprint density at radius 3 is 2.62 bits per heavy atom. The molecule has 0 saturated heterocycles. The number of carboxylic acid groups (broad SMARTS) is 1. The number of nitrogens with one attached hydrogen (secondary N) is 1. The van der Waals surface area contributed by atoms with Crippen molar-refractivity contribution in [3.8, 4) is 0 Å². The van der Waals surface area contributed by atoms with Crippen LogP contribution in [0.3, 0.4) is 0 Å². The van der Waals surface area contributed by atoms with E-state index in [4.69, 9.17) is 5.11 Å². The number of hydrogen-bond donors (Lipinski definition) is 2. The molecular formula is C15H18N2O3S. The van der Waals surface area contributed by atoms with Gasteiger partial charge in [0.2, 0.25) is 5.91 Å². The molecule has 0 aliphatic carbocycles. The fourth-order valence-corrected chi connectivity index (χ4v) is 2.95. The summed E-state index contributed by atoms with van der Waals surface area (Å²) in [5, 5.41) is 12.5. The summed E-state index contributed by atoms with van der Waals surface area (Å²) < 4.78 is 0. The molecule has 0 spiro atoms. The zero-order chi connectivity index (χ0) is 15.4. The lowest BCUT2D eigenvalue weighted by Gasteiger charge is -2.18. The van der Waals surface area contributed by atoms with Gasteiger partial charge in [-0.15, -0.1) is 11.8 Å². The van der Waals surface area contributed by atoms with Gasteiger partial charge in [-0.05, 0) is 13.8 Å². The highest BCUT2D eigenvalue weighted by Crippen LogP contribution is 2.23. The molecule has 1 aliphatic rings. The number of aliphatic carboxylic acids is 1. The van der Waals surface area contributed by atoms with Crippen LogP contribution >= 0.6 is 11.8 Å². The number of carbonyl (C=O) groups is 2. The van der Waals surface area contributed by atoms with E-state index in [9.17, 15) is 9.59 Å². The smallest absolute Gasteiger partial charge is 0.308 e. The van der Waals surface area contributed by atoms with Gasteiger partial charge in [-0.25, -0.2) is 0 Å². The van der Waals surface area contributed by atoms with Crippen LogP contribution in [0.2, 0.25) is 0 Å². The number of carboxylic acids is 1. The number of amides is 1. The van der Waals surface area contributed by atoms with Crippen molar-refractivity contribution in [2.24, 2.45) is 10.9 Å². The van der Waals surface area contributed by atoms with Crippen molar-refractivity contribution in [2.75, 3.05) is 5.75 Å². The Morgan fingerprint density at radius 1 is 1.33 bits per heavy atom. The summed E-state index contributed by atoms with van der Waals surface area (Å²) >= 11 is 1.55. The zero-order valence-corrected chi connectivity index (χ0v) is 12.8. The van der Waals surface area contributed by atoms with E-state index >= 15 is 0 Å². The van der Waals surface area contributed by atoms with Crippen molar-refractivity contribution in [1.82, 2.24) is 5.32 Å². The van der Waals surface area contributed by atoms with Gasteiger partial charge in [-0.2, -0.15) is 0 Å². The van der Waals surface area contributed by atoms with Gasteiger partial charge in [0.15, 0.2) is 0 Å². The second-order valence-electron chi connectivity index (χ2n) is 5.05. The Morgan fingerprint density at radius 2 is 2.00 bits per heavy atom. The van der Waals surface area contributed by atoms with Gasteiger partial charge in [0.05, 0.1) is 11.0 Å². The fourth-order valence-electron chi connectivity index (χ4n) is 1.91. The van der Waals surface area contributed by atoms with E-state index < -0.39 is 24.0 Å². The maximum absolute atomic E-state index is 12.1. The lowest BCUT2D eigenvalue weighted by Crippen LogP contribution is -2.44. The van der Waals surface area contributed by atoms with Gasteiger partial charge in [-0.3, -0.25) is 14.6 Å². The number of nitrogens with zero attached hydrogens (tertiary/aromatic N) is 1. The van der Waals surface area contributed by atoms with Crippen molar-refractivity contribution >= 4 is 28.7 Å². The van der Waals surface area contributed by atoms with Crippen LogP contribution in [0.1, 0.15) is 19.4 Å². The van der Waals surface area contributed by atoms with Crippen molar-refractivity contribution in [3.05, 3.63) is 35.9 Å². The average molecular weight is 306 g/mol. The first kappa shape index (κ1) is 15.6. The molecular weight excluding hydrogens is 288 g/mol.